The molecule has 0 aromatic carbocycles. The topological polar surface area (TPSA) is 68.1 Å². The predicted molar refractivity (Wildman–Crippen MR) is 89.7 cm³/mol. The minimum Gasteiger partial charge on any atom is -0.334 e. The molecule has 1 aliphatic rings. The number of rotatable bonds is 1. The molecule has 0 atom stereocenters. The van der Waals surface area contributed by atoms with E-state index in [1.54, 1.807) is 36.5 Å². The van der Waals surface area contributed by atoms with Crippen molar-refractivity contribution in [2.45, 2.75) is 13.0 Å². The Kier molecular flexibility index (Phi) is 3.37. The smallest absolute Gasteiger partial charge is 0.263 e. The molecule has 1 aliphatic heterocycles. The van der Waals surface area contributed by atoms with Crippen LogP contribution in [0.4, 0.5) is 0 Å². The van der Waals surface area contributed by atoms with Crippen LogP contribution in [-0.4, -0.2) is 31.9 Å². The van der Waals surface area contributed by atoms with Crippen LogP contribution >= 0.6 is 0 Å². The Bertz CT molecular complexity index is 1010. The Morgan fingerprint density at radius 3 is 3.00 bits per heavy atom. The minimum absolute atomic E-state index is 0.207. The first-order valence-electron chi connectivity index (χ1n) is 7.82. The van der Waals surface area contributed by atoms with Crippen molar-refractivity contribution in [1.82, 2.24) is 19.4 Å². The Morgan fingerprint density at radius 1 is 1.25 bits per heavy atom. The second kappa shape index (κ2) is 5.56. The van der Waals surface area contributed by atoms with E-state index in [1.807, 2.05) is 18.2 Å². The van der Waals surface area contributed by atoms with Crippen molar-refractivity contribution in [2.75, 3.05) is 6.54 Å². The van der Waals surface area contributed by atoms with E-state index < -0.39 is 0 Å². The fourth-order valence-corrected chi connectivity index (χ4v) is 3.07. The summed E-state index contributed by atoms with van der Waals surface area (Å²) in [6.07, 6.45) is 4.04. The highest BCUT2D eigenvalue weighted by Crippen LogP contribution is 2.22. The fraction of sp³-hybridized carbons (Fsp3) is 0.222. The van der Waals surface area contributed by atoms with Crippen LogP contribution < -0.4 is 5.56 Å². The number of pyridine rings is 3. The maximum atomic E-state index is 12.7. The van der Waals surface area contributed by atoms with Crippen LogP contribution in [0.5, 0.6) is 0 Å². The molecule has 0 fully saturated rings. The van der Waals surface area contributed by atoms with E-state index in [0.717, 1.165) is 22.3 Å². The Morgan fingerprint density at radius 2 is 2.12 bits per heavy atom. The van der Waals surface area contributed by atoms with E-state index in [0.29, 0.717) is 19.5 Å². The van der Waals surface area contributed by atoms with Gasteiger partial charge in [0.1, 0.15) is 5.56 Å². The highest BCUT2D eigenvalue weighted by molar-refractivity contribution is 5.94. The molecule has 3 aromatic rings. The number of carbonyl (C=O) groups excluding carboxylic acids is 1. The lowest BCUT2D eigenvalue weighted by atomic mass is 10.0. The van der Waals surface area contributed by atoms with Crippen molar-refractivity contribution in [2.24, 2.45) is 7.05 Å². The zero-order valence-electron chi connectivity index (χ0n) is 13.3. The molecular formula is C18H16N4O2. The molecule has 0 N–H and O–H groups in total. The predicted octanol–water partition coefficient (Wildman–Crippen LogP) is 1.53. The molecule has 0 spiro atoms. The van der Waals surface area contributed by atoms with Gasteiger partial charge in [0.25, 0.3) is 11.5 Å². The second-order valence-electron chi connectivity index (χ2n) is 5.96. The van der Waals surface area contributed by atoms with Gasteiger partial charge in [-0.05, 0) is 35.9 Å². The molecule has 0 bridgehead atoms. The molecule has 0 saturated heterocycles. The minimum atomic E-state index is -0.269. The van der Waals surface area contributed by atoms with Gasteiger partial charge >= 0.3 is 0 Å². The number of carbonyl (C=O) groups is 1. The van der Waals surface area contributed by atoms with Gasteiger partial charge in [0.15, 0.2) is 5.65 Å². The van der Waals surface area contributed by atoms with E-state index in [-0.39, 0.29) is 17.0 Å². The van der Waals surface area contributed by atoms with Crippen molar-refractivity contribution < 1.29 is 4.79 Å². The van der Waals surface area contributed by atoms with Crippen LogP contribution in [-0.2, 0) is 20.0 Å². The molecule has 24 heavy (non-hydrogen) atoms. The summed E-state index contributed by atoms with van der Waals surface area (Å²) in [4.78, 5) is 35.5. The van der Waals surface area contributed by atoms with Gasteiger partial charge in [-0.1, -0.05) is 0 Å². The van der Waals surface area contributed by atoms with Crippen molar-refractivity contribution in [3.05, 3.63) is 69.9 Å². The average molecular weight is 320 g/mol. The molecule has 3 aromatic heterocycles. The number of aryl methyl sites for hydroxylation is 1. The number of amides is 1. The van der Waals surface area contributed by atoms with Crippen LogP contribution in [0.3, 0.4) is 0 Å². The van der Waals surface area contributed by atoms with E-state index >= 15 is 0 Å². The van der Waals surface area contributed by atoms with E-state index in [9.17, 15) is 9.59 Å². The van der Waals surface area contributed by atoms with Crippen LogP contribution in [0.1, 0.15) is 21.6 Å². The van der Waals surface area contributed by atoms with Crippen LogP contribution in [0.25, 0.3) is 11.0 Å². The summed E-state index contributed by atoms with van der Waals surface area (Å²) in [7, 11) is 1.65. The van der Waals surface area contributed by atoms with Crippen LogP contribution in [0, 0.1) is 0 Å². The Hall–Kier alpha value is -3.02. The van der Waals surface area contributed by atoms with Crippen molar-refractivity contribution in [3.8, 4) is 0 Å². The molecule has 0 aliphatic carbocycles. The first-order valence-corrected chi connectivity index (χ1v) is 7.82. The molecule has 4 heterocycles. The SMILES string of the molecule is Cn1cccc(C(=O)N2CCc3nc4ncccc4cc3C2)c1=O. The van der Waals surface area contributed by atoms with Gasteiger partial charge in [-0.25, -0.2) is 9.97 Å². The summed E-state index contributed by atoms with van der Waals surface area (Å²) < 4.78 is 1.42. The second-order valence-corrected chi connectivity index (χ2v) is 5.96. The molecule has 0 unspecified atom stereocenters. The first-order chi connectivity index (χ1) is 11.6. The molecule has 6 heteroatoms. The number of aromatic nitrogens is 3. The van der Waals surface area contributed by atoms with Crippen LogP contribution in [0.15, 0.2) is 47.5 Å². The maximum Gasteiger partial charge on any atom is 0.263 e. The van der Waals surface area contributed by atoms with Gasteiger partial charge in [0, 0.05) is 50.0 Å². The highest BCUT2D eigenvalue weighted by atomic mass is 16.2. The molecule has 120 valence electrons. The first kappa shape index (κ1) is 14.6. The van der Waals surface area contributed by atoms with Gasteiger partial charge < -0.3 is 9.47 Å². The summed E-state index contributed by atoms with van der Waals surface area (Å²) in [6, 6.07) is 9.17. The molecule has 4 rings (SSSR count). The Balaban J connectivity index is 1.68. The van der Waals surface area contributed by atoms with Gasteiger partial charge in [-0.15, -0.1) is 0 Å². The third-order valence-corrected chi connectivity index (χ3v) is 4.38. The summed E-state index contributed by atoms with van der Waals surface area (Å²) in [5, 5.41) is 0.959. The Labute approximate surface area is 138 Å². The van der Waals surface area contributed by atoms with E-state index in [2.05, 4.69) is 9.97 Å². The summed E-state index contributed by atoms with van der Waals surface area (Å²) in [5.41, 5.74) is 2.66. The summed E-state index contributed by atoms with van der Waals surface area (Å²) in [5.74, 6) is -0.229. The third-order valence-electron chi connectivity index (χ3n) is 4.38. The molecule has 0 saturated carbocycles. The van der Waals surface area contributed by atoms with E-state index in [4.69, 9.17) is 0 Å². The third kappa shape index (κ3) is 2.36. The number of nitrogens with zero attached hydrogens (tertiary/aromatic N) is 4. The standard InChI is InChI=1S/C18H16N4O2/c1-21-8-3-5-14(17(21)23)18(24)22-9-6-15-13(11-22)10-12-4-2-7-19-16(12)20-15/h2-5,7-8,10H,6,9,11H2,1H3. The van der Waals surface area contributed by atoms with Gasteiger partial charge in [0.2, 0.25) is 0 Å². The van der Waals surface area contributed by atoms with Gasteiger partial charge in [-0.3, -0.25) is 9.59 Å². The van der Waals surface area contributed by atoms with E-state index in [1.165, 1.54) is 4.57 Å². The zero-order chi connectivity index (χ0) is 16.7. The van der Waals surface area contributed by atoms with Crippen molar-refractivity contribution in [1.29, 1.82) is 0 Å². The average Bonchev–Trinajstić information content (AvgIpc) is 2.61. The number of fused-ring (bicyclic) bond motifs is 2. The quantitative estimate of drug-likeness (QED) is 0.682. The normalized spacial score (nSPS) is 13.8. The lowest BCUT2D eigenvalue weighted by Crippen LogP contribution is -2.39. The monoisotopic (exact) mass is 320 g/mol. The molecule has 0 radical (unpaired) electrons. The fourth-order valence-electron chi connectivity index (χ4n) is 3.07. The molecule has 1 amide bonds. The van der Waals surface area contributed by atoms with Crippen molar-refractivity contribution in [3.63, 3.8) is 0 Å². The highest BCUT2D eigenvalue weighted by Gasteiger charge is 2.25. The molecular weight excluding hydrogens is 304 g/mol. The lowest BCUT2D eigenvalue weighted by molar-refractivity contribution is 0.0731. The summed E-state index contributed by atoms with van der Waals surface area (Å²) >= 11 is 0. The largest absolute Gasteiger partial charge is 0.334 e. The molecule has 6 nitrogen and oxygen atoms in total. The summed E-state index contributed by atoms with van der Waals surface area (Å²) in [6.45, 7) is 1.01. The number of hydrogen-bond donors (Lipinski definition) is 0. The van der Waals surface area contributed by atoms with Gasteiger partial charge in [0.05, 0.1) is 0 Å². The zero-order valence-corrected chi connectivity index (χ0v) is 13.3. The van der Waals surface area contributed by atoms with Gasteiger partial charge in [-0.2, -0.15) is 0 Å². The van der Waals surface area contributed by atoms with Crippen molar-refractivity contribution >= 4 is 16.9 Å². The number of hydrogen-bond acceptors (Lipinski definition) is 4. The maximum absolute atomic E-state index is 12.7. The lowest BCUT2D eigenvalue weighted by Gasteiger charge is -2.28. The van der Waals surface area contributed by atoms with Crippen LogP contribution in [0.2, 0.25) is 0 Å².